The van der Waals surface area contributed by atoms with Gasteiger partial charge in [-0.1, -0.05) is 158 Å². The number of unbranched alkanes of at least 4 members (excludes halogenated alkanes) is 18. The first-order valence-corrected chi connectivity index (χ1v) is 26.9. The maximum Gasteiger partial charge on any atom is 0.306 e. The van der Waals surface area contributed by atoms with E-state index in [4.69, 9.17) is 28.4 Å². The fraction of sp³-hybridized carbons (Fsp3) is 0.800. The smallest absolute Gasteiger partial charge is 0.306 e. The summed E-state index contributed by atoms with van der Waals surface area (Å²) < 4.78 is 34.3. The van der Waals surface area contributed by atoms with Crippen LogP contribution in [0.5, 0.6) is 0 Å². The molecule has 2 rings (SSSR count). The van der Waals surface area contributed by atoms with Gasteiger partial charge in [-0.05, 0) is 77.0 Å². The lowest BCUT2D eigenvalue weighted by Gasteiger charge is -2.42. The van der Waals surface area contributed by atoms with Crippen molar-refractivity contribution in [3.63, 3.8) is 0 Å². The molecule has 2 fully saturated rings. The summed E-state index contributed by atoms with van der Waals surface area (Å²) in [5.74, 6) is -0.407. The third-order valence-corrected chi connectivity index (χ3v) is 12.5. The van der Waals surface area contributed by atoms with Gasteiger partial charge in [-0.15, -0.1) is 0 Å². The molecule has 7 N–H and O–H groups in total. The average molecular weight is 981 g/mol. The van der Waals surface area contributed by atoms with Crippen LogP contribution in [0.3, 0.4) is 0 Å². The minimum absolute atomic E-state index is 0.0452. The molecule has 14 heteroatoms. The first-order chi connectivity index (χ1) is 33.6. The summed E-state index contributed by atoms with van der Waals surface area (Å²) in [6.45, 7) is 3.51. The van der Waals surface area contributed by atoms with Crippen molar-refractivity contribution in [2.24, 2.45) is 0 Å². The van der Waals surface area contributed by atoms with Crippen LogP contribution in [0.4, 0.5) is 0 Å². The zero-order valence-corrected chi connectivity index (χ0v) is 42.5. The number of carbonyl (C=O) groups excluding carboxylic acids is 1. The second-order valence-electron chi connectivity index (χ2n) is 18.7. The van der Waals surface area contributed by atoms with E-state index >= 15 is 0 Å². The van der Waals surface area contributed by atoms with Gasteiger partial charge in [0.05, 0.1) is 26.4 Å². The van der Waals surface area contributed by atoms with E-state index in [-0.39, 0.29) is 19.6 Å². The summed E-state index contributed by atoms with van der Waals surface area (Å²) in [6, 6.07) is 0. The van der Waals surface area contributed by atoms with Gasteiger partial charge in [-0.3, -0.25) is 4.79 Å². The first kappa shape index (κ1) is 62.8. The van der Waals surface area contributed by atoms with Gasteiger partial charge in [-0.2, -0.15) is 0 Å². The van der Waals surface area contributed by atoms with Crippen molar-refractivity contribution in [2.45, 2.75) is 248 Å². The molecule has 0 saturated carbocycles. The van der Waals surface area contributed by atoms with Crippen molar-refractivity contribution in [3.8, 4) is 0 Å². The number of hydrogen-bond acceptors (Lipinski definition) is 14. The molecular weight excluding hydrogens is 885 g/mol. The Morgan fingerprint density at radius 2 is 0.942 bits per heavy atom. The predicted octanol–water partition coefficient (Wildman–Crippen LogP) is 8.52. The number of ether oxygens (including phenoxy) is 6. The van der Waals surface area contributed by atoms with Gasteiger partial charge < -0.3 is 64.2 Å². The molecular formula is C55H96O14. The van der Waals surface area contributed by atoms with Crippen LogP contribution in [0.25, 0.3) is 0 Å². The van der Waals surface area contributed by atoms with Gasteiger partial charge in [-0.25, -0.2) is 0 Å². The lowest BCUT2D eigenvalue weighted by molar-refractivity contribution is -0.332. The van der Waals surface area contributed by atoms with Gasteiger partial charge in [0.2, 0.25) is 0 Å². The Kier molecular flexibility index (Phi) is 38.4. The normalized spacial score (nSPS) is 26.2. The number of hydrogen-bond donors (Lipinski definition) is 7. The number of aliphatic hydroxyl groups excluding tert-OH is 7. The zero-order valence-electron chi connectivity index (χ0n) is 42.5. The van der Waals surface area contributed by atoms with E-state index in [1.165, 1.54) is 89.9 Å². The minimum Gasteiger partial charge on any atom is -0.457 e. The van der Waals surface area contributed by atoms with Crippen molar-refractivity contribution in [1.29, 1.82) is 0 Å². The average Bonchev–Trinajstić information content (AvgIpc) is 3.35. The molecule has 2 heterocycles. The van der Waals surface area contributed by atoms with E-state index in [2.05, 4.69) is 74.6 Å². The standard InChI is InChI=1S/C55H96O14/c1-3-5-7-9-11-13-15-17-18-19-20-21-22-23-24-25-27-29-31-33-35-37-39-64-41-44(67-47(57)38-36-34-32-30-28-26-16-14-12-10-8-6-4-2)42-65-54-53(63)51(61)49(59)46(69-54)43-66-55-52(62)50(60)48(58)45(40-56)68-55/h6,8,12,14-15,17,19-20,26,28,44-46,48-56,58-63H,3-5,7,9-11,13,16,18,21-25,27,29-43H2,1-2H3/b8-6-,14-12-,17-15-,20-19-,28-26-. The van der Waals surface area contributed by atoms with Crippen LogP contribution in [0.15, 0.2) is 60.8 Å². The van der Waals surface area contributed by atoms with Crippen molar-refractivity contribution in [3.05, 3.63) is 60.8 Å². The van der Waals surface area contributed by atoms with E-state index in [1.807, 2.05) is 0 Å². The van der Waals surface area contributed by atoms with Gasteiger partial charge in [0, 0.05) is 13.0 Å². The Morgan fingerprint density at radius 3 is 1.48 bits per heavy atom. The van der Waals surface area contributed by atoms with Crippen molar-refractivity contribution >= 4 is 5.97 Å². The zero-order chi connectivity index (χ0) is 50.2. The Balaban J connectivity index is 1.73. The fourth-order valence-electron chi connectivity index (χ4n) is 8.15. The summed E-state index contributed by atoms with van der Waals surface area (Å²) in [5, 5.41) is 72.2. The molecule has 11 atom stereocenters. The molecule has 0 aromatic carbocycles. The Hall–Kier alpha value is -2.31. The molecule has 0 radical (unpaired) electrons. The third-order valence-electron chi connectivity index (χ3n) is 12.5. The molecule has 2 aliphatic heterocycles. The highest BCUT2D eigenvalue weighted by Gasteiger charge is 2.47. The van der Waals surface area contributed by atoms with Crippen molar-refractivity contribution in [2.75, 3.05) is 33.0 Å². The van der Waals surface area contributed by atoms with Crippen LogP contribution < -0.4 is 0 Å². The largest absolute Gasteiger partial charge is 0.457 e. The monoisotopic (exact) mass is 981 g/mol. The second-order valence-corrected chi connectivity index (χ2v) is 18.7. The summed E-state index contributed by atoms with van der Waals surface area (Å²) in [4.78, 5) is 13.0. The van der Waals surface area contributed by atoms with Crippen LogP contribution in [-0.4, -0.2) is 142 Å². The molecule has 11 unspecified atom stereocenters. The van der Waals surface area contributed by atoms with Crippen LogP contribution in [-0.2, 0) is 33.2 Å². The molecule has 2 saturated heterocycles. The fourth-order valence-corrected chi connectivity index (χ4v) is 8.15. The Morgan fingerprint density at radius 1 is 0.493 bits per heavy atom. The highest BCUT2D eigenvalue weighted by Crippen LogP contribution is 2.26. The summed E-state index contributed by atoms with van der Waals surface area (Å²) in [7, 11) is 0. The molecule has 69 heavy (non-hydrogen) atoms. The minimum atomic E-state index is -1.71. The summed E-state index contributed by atoms with van der Waals surface area (Å²) in [6.07, 6.45) is 34.3. The van der Waals surface area contributed by atoms with Crippen LogP contribution in [0.1, 0.15) is 181 Å². The maximum absolute atomic E-state index is 13.0. The first-order valence-electron chi connectivity index (χ1n) is 26.9. The molecule has 2 aliphatic rings. The number of aliphatic hydroxyl groups is 7. The van der Waals surface area contributed by atoms with E-state index in [0.29, 0.717) is 13.0 Å². The number of allylic oxidation sites excluding steroid dienone is 10. The van der Waals surface area contributed by atoms with E-state index in [9.17, 15) is 40.5 Å². The number of esters is 1. The molecule has 0 bridgehead atoms. The quantitative estimate of drug-likeness (QED) is 0.0174. The van der Waals surface area contributed by atoms with Crippen LogP contribution in [0.2, 0.25) is 0 Å². The maximum atomic E-state index is 13.0. The van der Waals surface area contributed by atoms with E-state index in [0.717, 1.165) is 64.2 Å². The summed E-state index contributed by atoms with van der Waals surface area (Å²) in [5.41, 5.74) is 0. The molecule has 0 aromatic rings. The highest BCUT2D eigenvalue weighted by molar-refractivity contribution is 5.69. The van der Waals surface area contributed by atoms with Gasteiger partial charge in [0.15, 0.2) is 12.6 Å². The summed E-state index contributed by atoms with van der Waals surface area (Å²) >= 11 is 0. The Labute approximate surface area is 415 Å². The van der Waals surface area contributed by atoms with Gasteiger partial charge >= 0.3 is 5.97 Å². The molecule has 0 spiro atoms. The molecule has 14 nitrogen and oxygen atoms in total. The molecule has 0 aliphatic carbocycles. The SMILES string of the molecule is CC/C=C\C/C=C\C/C=C\CCCCCC(=O)OC(COCCCCCCCCCCCC/C=C\C/C=C\CCCCCCC)COC1OC(COC2OC(CO)C(O)C(O)C2O)C(O)C(O)C1O. The topological polar surface area (TPSA) is 214 Å². The van der Waals surface area contributed by atoms with E-state index in [1.54, 1.807) is 0 Å². The Bertz CT molecular complexity index is 1370. The van der Waals surface area contributed by atoms with Gasteiger partial charge in [0.1, 0.15) is 54.9 Å². The van der Waals surface area contributed by atoms with E-state index < -0.39 is 86.7 Å². The van der Waals surface area contributed by atoms with Crippen LogP contribution in [0, 0.1) is 0 Å². The molecule has 0 amide bonds. The molecule has 400 valence electrons. The van der Waals surface area contributed by atoms with Gasteiger partial charge in [0.25, 0.3) is 0 Å². The predicted molar refractivity (Wildman–Crippen MR) is 270 cm³/mol. The third kappa shape index (κ3) is 29.7. The van der Waals surface area contributed by atoms with Crippen molar-refractivity contribution in [1.82, 2.24) is 0 Å². The lowest BCUT2D eigenvalue weighted by Crippen LogP contribution is -2.61. The molecule has 0 aromatic heterocycles. The van der Waals surface area contributed by atoms with Crippen molar-refractivity contribution < 1.29 is 69.0 Å². The lowest BCUT2D eigenvalue weighted by atomic mass is 9.98. The van der Waals surface area contributed by atoms with Crippen LogP contribution >= 0.6 is 0 Å². The number of carbonyl (C=O) groups is 1. The second kappa shape index (κ2) is 42.2. The number of rotatable bonds is 42. The highest BCUT2D eigenvalue weighted by atomic mass is 16.7.